The second-order valence-electron chi connectivity index (χ2n) is 6.83. The maximum absolute atomic E-state index is 6.28. The fraction of sp³-hybridized carbons (Fsp3) is 0.318. The number of thioether (sulfide) groups is 1. The van der Waals surface area contributed by atoms with Crippen LogP contribution in [0.4, 0.5) is 10.9 Å². The standard InChI is InChI=1S/C22H25N5OS3/c1-2-28-13-12-27(11-10-17-9-6-14-29-17)22-26-20-18(31-22)19(23)24-21(25-20)30-15-16-7-4-3-5-8-16/h3-9,14H,2,10-13,15H2,1H3,(H2,23,24,25). The first kappa shape index (κ1) is 22.0. The highest BCUT2D eigenvalue weighted by molar-refractivity contribution is 7.98. The van der Waals surface area contributed by atoms with Crippen LogP contribution in [0.1, 0.15) is 17.4 Å². The van der Waals surface area contributed by atoms with E-state index in [1.807, 2.05) is 25.1 Å². The van der Waals surface area contributed by atoms with E-state index in [4.69, 9.17) is 15.5 Å². The molecule has 0 aliphatic heterocycles. The van der Waals surface area contributed by atoms with Crippen LogP contribution >= 0.6 is 34.4 Å². The molecule has 0 saturated heterocycles. The fourth-order valence-corrected chi connectivity index (χ4v) is 5.52. The molecular formula is C22H25N5OS3. The second kappa shape index (κ2) is 10.9. The zero-order valence-corrected chi connectivity index (χ0v) is 19.8. The molecule has 3 aromatic heterocycles. The summed E-state index contributed by atoms with van der Waals surface area (Å²) >= 11 is 4.91. The zero-order chi connectivity index (χ0) is 21.5. The molecule has 0 amide bonds. The Morgan fingerprint density at radius 1 is 1.06 bits per heavy atom. The average molecular weight is 472 g/mol. The summed E-state index contributed by atoms with van der Waals surface area (Å²) in [4.78, 5) is 17.6. The van der Waals surface area contributed by atoms with Gasteiger partial charge >= 0.3 is 0 Å². The fourth-order valence-electron chi connectivity index (χ4n) is 3.06. The van der Waals surface area contributed by atoms with Crippen molar-refractivity contribution in [3.8, 4) is 0 Å². The minimum atomic E-state index is 0.493. The lowest BCUT2D eigenvalue weighted by Crippen LogP contribution is -2.29. The molecule has 0 fully saturated rings. The molecule has 6 nitrogen and oxygen atoms in total. The van der Waals surface area contributed by atoms with Gasteiger partial charge in [-0.25, -0.2) is 9.97 Å². The molecule has 3 heterocycles. The van der Waals surface area contributed by atoms with Gasteiger partial charge in [-0.15, -0.1) is 11.3 Å². The molecule has 0 unspecified atom stereocenters. The molecular weight excluding hydrogens is 446 g/mol. The van der Waals surface area contributed by atoms with Crippen molar-refractivity contribution in [1.29, 1.82) is 0 Å². The normalized spacial score (nSPS) is 11.3. The molecule has 9 heteroatoms. The van der Waals surface area contributed by atoms with Gasteiger partial charge in [0.2, 0.25) is 0 Å². The van der Waals surface area contributed by atoms with Gasteiger partial charge in [-0.2, -0.15) is 4.98 Å². The van der Waals surface area contributed by atoms with Crippen LogP contribution in [0.3, 0.4) is 0 Å². The van der Waals surface area contributed by atoms with E-state index in [9.17, 15) is 0 Å². The lowest BCUT2D eigenvalue weighted by molar-refractivity contribution is 0.154. The van der Waals surface area contributed by atoms with Gasteiger partial charge in [0.25, 0.3) is 0 Å². The van der Waals surface area contributed by atoms with Crippen molar-refractivity contribution in [3.63, 3.8) is 0 Å². The van der Waals surface area contributed by atoms with Crippen LogP contribution in [0.5, 0.6) is 0 Å². The van der Waals surface area contributed by atoms with Crippen LogP contribution in [0.2, 0.25) is 0 Å². The van der Waals surface area contributed by atoms with Crippen molar-refractivity contribution >= 4 is 55.7 Å². The number of nitrogens with zero attached hydrogens (tertiary/aromatic N) is 4. The number of fused-ring (bicyclic) bond motifs is 1. The Hall–Kier alpha value is -2.20. The average Bonchev–Trinajstić information content (AvgIpc) is 3.46. The Bertz CT molecular complexity index is 1090. The number of thiazole rings is 1. The summed E-state index contributed by atoms with van der Waals surface area (Å²) in [5.74, 6) is 1.29. The first-order valence-electron chi connectivity index (χ1n) is 10.2. The maximum atomic E-state index is 6.28. The monoisotopic (exact) mass is 471 g/mol. The Morgan fingerprint density at radius 3 is 2.71 bits per heavy atom. The number of hydrogen-bond acceptors (Lipinski definition) is 9. The lowest BCUT2D eigenvalue weighted by Gasteiger charge is -2.21. The van der Waals surface area contributed by atoms with Crippen molar-refractivity contribution in [2.75, 3.05) is 36.9 Å². The minimum absolute atomic E-state index is 0.493. The Labute approximate surface area is 194 Å². The van der Waals surface area contributed by atoms with Gasteiger partial charge in [0.05, 0.1) is 6.61 Å². The third-order valence-corrected chi connectivity index (χ3v) is 7.63. The zero-order valence-electron chi connectivity index (χ0n) is 17.4. The number of nitrogen functional groups attached to an aromatic ring is 1. The number of aromatic nitrogens is 3. The third-order valence-electron chi connectivity index (χ3n) is 4.65. The number of benzene rings is 1. The van der Waals surface area contributed by atoms with E-state index < -0.39 is 0 Å². The molecule has 1 aromatic carbocycles. The van der Waals surface area contributed by atoms with Gasteiger partial charge in [-0.05, 0) is 30.4 Å². The van der Waals surface area contributed by atoms with Gasteiger partial charge < -0.3 is 15.4 Å². The maximum Gasteiger partial charge on any atom is 0.191 e. The molecule has 0 spiro atoms. The van der Waals surface area contributed by atoms with E-state index in [0.717, 1.165) is 35.1 Å². The van der Waals surface area contributed by atoms with Crippen LogP contribution in [-0.2, 0) is 16.9 Å². The summed E-state index contributed by atoms with van der Waals surface area (Å²) in [6, 6.07) is 14.5. The first-order chi connectivity index (χ1) is 15.2. The summed E-state index contributed by atoms with van der Waals surface area (Å²) in [5, 5.41) is 3.69. The summed E-state index contributed by atoms with van der Waals surface area (Å²) in [5.41, 5.74) is 8.17. The second-order valence-corrected chi connectivity index (χ2v) is 9.78. The highest BCUT2D eigenvalue weighted by atomic mass is 32.2. The van der Waals surface area contributed by atoms with Crippen molar-refractivity contribution in [1.82, 2.24) is 15.0 Å². The van der Waals surface area contributed by atoms with Gasteiger partial charge in [0, 0.05) is 30.3 Å². The minimum Gasteiger partial charge on any atom is -0.382 e. The molecule has 4 aromatic rings. The summed E-state index contributed by atoms with van der Waals surface area (Å²) in [6.07, 6.45) is 0.971. The Kier molecular flexibility index (Phi) is 7.74. The van der Waals surface area contributed by atoms with Crippen molar-refractivity contribution in [2.45, 2.75) is 24.3 Å². The van der Waals surface area contributed by atoms with Crippen LogP contribution < -0.4 is 10.6 Å². The van der Waals surface area contributed by atoms with E-state index in [0.29, 0.717) is 29.8 Å². The molecule has 0 radical (unpaired) electrons. The van der Waals surface area contributed by atoms with Crippen LogP contribution in [0.25, 0.3) is 10.3 Å². The van der Waals surface area contributed by atoms with Gasteiger partial charge in [-0.3, -0.25) is 0 Å². The number of hydrogen-bond donors (Lipinski definition) is 1. The number of rotatable bonds is 11. The highest BCUT2D eigenvalue weighted by Gasteiger charge is 2.17. The number of nitrogens with two attached hydrogens (primary N) is 1. The quantitative estimate of drug-likeness (QED) is 0.185. The largest absolute Gasteiger partial charge is 0.382 e. The molecule has 2 N–H and O–H groups in total. The van der Waals surface area contributed by atoms with E-state index >= 15 is 0 Å². The number of anilines is 2. The van der Waals surface area contributed by atoms with Crippen LogP contribution in [-0.4, -0.2) is 41.3 Å². The molecule has 0 bridgehead atoms. The van der Waals surface area contributed by atoms with Crippen molar-refractivity contribution in [3.05, 3.63) is 58.3 Å². The predicted molar refractivity (Wildman–Crippen MR) is 132 cm³/mol. The Balaban J connectivity index is 1.52. The smallest absolute Gasteiger partial charge is 0.191 e. The van der Waals surface area contributed by atoms with Crippen molar-refractivity contribution in [2.24, 2.45) is 0 Å². The highest BCUT2D eigenvalue weighted by Crippen LogP contribution is 2.33. The van der Waals surface area contributed by atoms with Gasteiger partial charge in [0.1, 0.15) is 10.5 Å². The van der Waals surface area contributed by atoms with E-state index in [1.54, 1.807) is 34.4 Å². The van der Waals surface area contributed by atoms with E-state index in [-0.39, 0.29) is 0 Å². The number of ether oxygens (including phenoxy) is 1. The van der Waals surface area contributed by atoms with Crippen molar-refractivity contribution < 1.29 is 4.74 Å². The first-order valence-corrected chi connectivity index (χ1v) is 12.9. The van der Waals surface area contributed by atoms with Gasteiger partial charge in [0.15, 0.2) is 15.9 Å². The molecule has 31 heavy (non-hydrogen) atoms. The summed E-state index contributed by atoms with van der Waals surface area (Å²) in [6.45, 7) is 5.03. The van der Waals surface area contributed by atoms with Gasteiger partial charge in [-0.1, -0.05) is 59.5 Å². The summed E-state index contributed by atoms with van der Waals surface area (Å²) < 4.78 is 6.44. The predicted octanol–water partition coefficient (Wildman–Crippen LogP) is 5.11. The SMILES string of the molecule is CCOCCN(CCc1cccs1)c1nc2nc(SCc3ccccc3)nc(N)c2s1. The van der Waals surface area contributed by atoms with E-state index in [1.165, 1.54) is 10.4 Å². The molecule has 4 rings (SSSR count). The van der Waals surface area contributed by atoms with E-state index in [2.05, 4.69) is 44.5 Å². The van der Waals surface area contributed by atoms with Crippen LogP contribution in [0, 0.1) is 0 Å². The third kappa shape index (κ3) is 5.94. The molecule has 0 saturated carbocycles. The molecule has 162 valence electrons. The lowest BCUT2D eigenvalue weighted by atomic mass is 10.2. The topological polar surface area (TPSA) is 77.2 Å². The molecule has 0 aliphatic carbocycles. The summed E-state index contributed by atoms with van der Waals surface area (Å²) in [7, 11) is 0. The number of thiophene rings is 1. The van der Waals surface area contributed by atoms with Crippen LogP contribution in [0.15, 0.2) is 53.0 Å². The Morgan fingerprint density at radius 2 is 1.94 bits per heavy atom. The molecule has 0 aliphatic rings. The molecule has 0 atom stereocenters.